The minimum Gasteiger partial charge on any atom is -0.310 e. The lowest BCUT2D eigenvalue weighted by Gasteiger charge is -2.22. The highest BCUT2D eigenvalue weighted by Gasteiger charge is 2.31. The molecule has 7 heteroatoms. The Morgan fingerprint density at radius 1 is 1.39 bits per heavy atom. The van der Waals surface area contributed by atoms with Gasteiger partial charge in [-0.15, -0.1) is 0 Å². The quantitative estimate of drug-likeness (QED) is 0.755. The van der Waals surface area contributed by atoms with E-state index in [2.05, 4.69) is 10.3 Å². The number of carbonyl (C=O) groups is 1. The molecule has 4 nitrogen and oxygen atoms in total. The van der Waals surface area contributed by atoms with Crippen molar-refractivity contribution in [2.75, 3.05) is 5.32 Å². The first-order valence-electron chi connectivity index (χ1n) is 6.98. The highest BCUT2D eigenvalue weighted by molar-refractivity contribution is 7.08. The molecule has 116 valence electrons. The Morgan fingerprint density at radius 2 is 2.26 bits per heavy atom. The molecule has 23 heavy (non-hydrogen) atoms. The van der Waals surface area contributed by atoms with Crippen LogP contribution < -0.4 is 5.32 Å². The molecule has 0 aliphatic carbocycles. The molecule has 0 fully saturated rings. The zero-order chi connectivity index (χ0) is 16.0. The molecule has 0 spiro atoms. The molecule has 1 aromatic carbocycles. The summed E-state index contributed by atoms with van der Waals surface area (Å²) in [4.78, 5) is 16.6. The minimum atomic E-state index is -0.482. The van der Waals surface area contributed by atoms with Crippen molar-refractivity contribution in [1.82, 2.24) is 9.55 Å². The number of hydrogen-bond acceptors (Lipinski definition) is 3. The molecule has 0 bridgehead atoms. The molecule has 1 unspecified atom stereocenters. The first-order valence-corrected chi connectivity index (χ1v) is 8.30. The van der Waals surface area contributed by atoms with Crippen LogP contribution in [0.5, 0.6) is 0 Å². The maximum Gasteiger partial charge on any atom is 0.226 e. The monoisotopic (exact) mass is 347 g/mol. The number of nitrogens with one attached hydrogen (secondary N) is 1. The van der Waals surface area contributed by atoms with Crippen molar-refractivity contribution in [2.24, 2.45) is 0 Å². The largest absolute Gasteiger partial charge is 0.310 e. The zero-order valence-corrected chi connectivity index (χ0v) is 13.4. The van der Waals surface area contributed by atoms with Crippen LogP contribution in [0.2, 0.25) is 5.02 Å². The maximum atomic E-state index is 13.4. The van der Waals surface area contributed by atoms with Gasteiger partial charge in [0.15, 0.2) is 0 Å². The van der Waals surface area contributed by atoms with E-state index in [1.54, 1.807) is 28.3 Å². The smallest absolute Gasteiger partial charge is 0.226 e. The number of halogens is 2. The Morgan fingerprint density at radius 3 is 3.00 bits per heavy atom. The number of nitrogens with zero attached hydrogens (tertiary/aromatic N) is 2. The second kappa shape index (κ2) is 5.47. The third-order valence-corrected chi connectivity index (χ3v) is 4.89. The number of carbonyl (C=O) groups excluding carboxylic acids is 1. The summed E-state index contributed by atoms with van der Waals surface area (Å²) in [6, 6.07) is 6.42. The second-order valence-electron chi connectivity index (χ2n) is 5.31. The van der Waals surface area contributed by atoms with E-state index in [1.807, 2.05) is 16.8 Å². The number of hydrogen-bond donors (Lipinski definition) is 1. The number of rotatable bonds is 2. The Balaban J connectivity index is 1.83. The Kier molecular flexibility index (Phi) is 3.43. The molecular formula is C16H11ClFN3OS. The lowest BCUT2D eigenvalue weighted by atomic mass is 9.92. The van der Waals surface area contributed by atoms with Gasteiger partial charge in [-0.25, -0.2) is 9.37 Å². The molecule has 1 aliphatic heterocycles. The third-order valence-electron chi connectivity index (χ3n) is 3.90. The van der Waals surface area contributed by atoms with Crippen LogP contribution in [0.25, 0.3) is 5.69 Å². The van der Waals surface area contributed by atoms with E-state index in [9.17, 15) is 9.18 Å². The van der Waals surface area contributed by atoms with Gasteiger partial charge in [-0.3, -0.25) is 9.36 Å². The van der Waals surface area contributed by atoms with Crippen LogP contribution in [0, 0.1) is 5.82 Å². The number of imidazole rings is 1. The van der Waals surface area contributed by atoms with Gasteiger partial charge in [0.2, 0.25) is 5.91 Å². The first kappa shape index (κ1) is 14.4. The fourth-order valence-electron chi connectivity index (χ4n) is 2.79. The van der Waals surface area contributed by atoms with E-state index in [4.69, 9.17) is 11.6 Å². The van der Waals surface area contributed by atoms with Gasteiger partial charge < -0.3 is 5.32 Å². The van der Waals surface area contributed by atoms with Crippen molar-refractivity contribution in [1.29, 1.82) is 0 Å². The second-order valence-corrected chi connectivity index (χ2v) is 6.50. The van der Waals surface area contributed by atoms with Crippen LogP contribution in [0.3, 0.4) is 0 Å². The standard InChI is InChI=1S/C16H11ClFN3OS/c17-12-5-10(1-2-13(12)18)21-8-19-15-11(9-3-4-23-7-9)6-14(22)20-16(15)21/h1-5,7-8,11H,6H2,(H,20,22). The molecule has 3 heterocycles. The summed E-state index contributed by atoms with van der Waals surface area (Å²) < 4.78 is 15.1. The molecule has 3 aromatic rings. The van der Waals surface area contributed by atoms with E-state index in [0.717, 1.165) is 11.3 Å². The number of aromatic nitrogens is 2. The summed E-state index contributed by atoms with van der Waals surface area (Å²) in [6.07, 6.45) is 1.99. The lowest BCUT2D eigenvalue weighted by molar-refractivity contribution is -0.116. The maximum absolute atomic E-state index is 13.4. The molecule has 4 rings (SSSR count). The lowest BCUT2D eigenvalue weighted by Crippen LogP contribution is -2.24. The van der Waals surface area contributed by atoms with Gasteiger partial charge in [0.25, 0.3) is 0 Å². The third kappa shape index (κ3) is 2.44. The number of fused-ring (bicyclic) bond motifs is 1. The topological polar surface area (TPSA) is 46.9 Å². The van der Waals surface area contributed by atoms with Crippen LogP contribution in [-0.4, -0.2) is 15.5 Å². The Labute approximate surface area is 140 Å². The van der Waals surface area contributed by atoms with Crippen LogP contribution in [0.1, 0.15) is 23.6 Å². The van der Waals surface area contributed by atoms with Gasteiger partial charge in [-0.2, -0.15) is 11.3 Å². The van der Waals surface area contributed by atoms with Crippen LogP contribution in [0.15, 0.2) is 41.4 Å². The fourth-order valence-corrected chi connectivity index (χ4v) is 3.68. The van der Waals surface area contributed by atoms with Crippen molar-refractivity contribution >= 4 is 34.7 Å². The average molecular weight is 348 g/mol. The van der Waals surface area contributed by atoms with Crippen LogP contribution in [0.4, 0.5) is 10.2 Å². The van der Waals surface area contributed by atoms with Gasteiger partial charge >= 0.3 is 0 Å². The summed E-state index contributed by atoms with van der Waals surface area (Å²) in [5.74, 6) is -0.00413. The molecule has 0 radical (unpaired) electrons. The number of amides is 1. The van der Waals surface area contributed by atoms with Crippen LogP contribution in [-0.2, 0) is 4.79 Å². The van der Waals surface area contributed by atoms with Gasteiger partial charge in [0.05, 0.1) is 16.4 Å². The first-order chi connectivity index (χ1) is 11.1. The molecule has 1 aliphatic rings. The zero-order valence-electron chi connectivity index (χ0n) is 11.8. The minimum absolute atomic E-state index is 0.0291. The van der Waals surface area contributed by atoms with E-state index in [-0.39, 0.29) is 16.8 Å². The number of anilines is 1. The number of thiophene rings is 1. The normalized spacial score (nSPS) is 17.0. The predicted molar refractivity (Wildman–Crippen MR) is 87.9 cm³/mol. The molecule has 1 atom stereocenters. The molecule has 0 saturated heterocycles. The number of benzene rings is 1. The van der Waals surface area contributed by atoms with Crippen molar-refractivity contribution in [3.8, 4) is 5.69 Å². The van der Waals surface area contributed by atoms with E-state index in [1.165, 1.54) is 12.1 Å². The predicted octanol–water partition coefficient (Wildman–Crippen LogP) is 4.20. The highest BCUT2D eigenvalue weighted by atomic mass is 35.5. The highest BCUT2D eigenvalue weighted by Crippen LogP contribution is 2.38. The van der Waals surface area contributed by atoms with Gasteiger partial charge in [0, 0.05) is 12.3 Å². The SMILES string of the molecule is O=C1CC(c2ccsc2)c2ncn(-c3ccc(F)c(Cl)c3)c2N1. The fraction of sp³-hybridized carbons (Fsp3) is 0.125. The van der Waals surface area contributed by atoms with Crippen LogP contribution >= 0.6 is 22.9 Å². The van der Waals surface area contributed by atoms with Crippen molar-refractivity contribution in [3.63, 3.8) is 0 Å². The Hall–Kier alpha value is -2.18. The summed E-state index contributed by atoms with van der Waals surface area (Å²) in [5.41, 5.74) is 2.54. The van der Waals surface area contributed by atoms with Gasteiger partial charge in [-0.05, 0) is 40.6 Å². The van der Waals surface area contributed by atoms with E-state index >= 15 is 0 Å². The van der Waals surface area contributed by atoms with E-state index in [0.29, 0.717) is 17.9 Å². The molecule has 1 N–H and O–H groups in total. The van der Waals surface area contributed by atoms with Crippen molar-refractivity contribution < 1.29 is 9.18 Å². The average Bonchev–Trinajstić information content (AvgIpc) is 3.18. The summed E-state index contributed by atoms with van der Waals surface area (Å²) in [7, 11) is 0. The molecule has 1 amide bonds. The summed E-state index contributed by atoms with van der Waals surface area (Å²) in [5, 5.41) is 6.90. The van der Waals surface area contributed by atoms with Crippen molar-refractivity contribution in [2.45, 2.75) is 12.3 Å². The van der Waals surface area contributed by atoms with E-state index < -0.39 is 5.82 Å². The van der Waals surface area contributed by atoms with Crippen molar-refractivity contribution in [3.05, 3.63) is 63.5 Å². The van der Waals surface area contributed by atoms with Gasteiger partial charge in [-0.1, -0.05) is 11.6 Å². The Bertz CT molecular complexity index is 891. The molecular weight excluding hydrogens is 337 g/mol. The summed E-state index contributed by atoms with van der Waals surface area (Å²) >= 11 is 7.45. The molecule has 0 saturated carbocycles. The van der Waals surface area contributed by atoms with Gasteiger partial charge in [0.1, 0.15) is 18.0 Å². The summed E-state index contributed by atoms with van der Waals surface area (Å²) in [6.45, 7) is 0. The molecule has 2 aromatic heterocycles.